The highest BCUT2D eigenvalue weighted by Gasteiger charge is 2.15. The maximum Gasteiger partial charge on any atom is 0.253 e. The average Bonchev–Trinajstić information content (AvgIpc) is 3.19. The third kappa shape index (κ3) is 5.70. The van der Waals surface area contributed by atoms with Gasteiger partial charge in [-0.15, -0.1) is 0 Å². The summed E-state index contributed by atoms with van der Waals surface area (Å²) in [4.78, 5) is 19.9. The molecule has 6 nitrogen and oxygen atoms in total. The molecule has 2 aromatic heterocycles. The van der Waals surface area contributed by atoms with E-state index in [1.807, 2.05) is 36.1 Å². The Morgan fingerprint density at radius 3 is 2.63 bits per heavy atom. The van der Waals surface area contributed by atoms with Crippen molar-refractivity contribution in [3.8, 4) is 0 Å². The van der Waals surface area contributed by atoms with Crippen molar-refractivity contribution >= 4 is 28.2 Å². The first kappa shape index (κ1) is 22.1. The van der Waals surface area contributed by atoms with Crippen molar-refractivity contribution in [2.45, 2.75) is 33.4 Å². The van der Waals surface area contributed by atoms with E-state index in [-0.39, 0.29) is 5.56 Å². The van der Waals surface area contributed by atoms with E-state index in [0.29, 0.717) is 23.8 Å². The number of nitrogens with one attached hydrogen (secondary N) is 2. The first-order valence-corrected chi connectivity index (χ1v) is 10.6. The number of rotatable bonds is 8. The van der Waals surface area contributed by atoms with E-state index in [4.69, 9.17) is 16.6 Å². The van der Waals surface area contributed by atoms with Crippen LogP contribution in [-0.2, 0) is 13.1 Å². The maximum atomic E-state index is 12.8. The summed E-state index contributed by atoms with van der Waals surface area (Å²) in [7, 11) is 4.10. The van der Waals surface area contributed by atoms with E-state index in [1.54, 1.807) is 6.26 Å². The second kappa shape index (κ2) is 9.91. The number of hydrogen-bond acceptors (Lipinski definition) is 4. The van der Waals surface area contributed by atoms with Crippen molar-refractivity contribution in [3.05, 3.63) is 69.4 Å². The van der Waals surface area contributed by atoms with E-state index in [1.165, 1.54) is 5.56 Å². The number of furan rings is 1. The zero-order valence-corrected chi connectivity index (χ0v) is 18.9. The summed E-state index contributed by atoms with van der Waals surface area (Å²) in [6.07, 6.45) is 2.63. The van der Waals surface area contributed by atoms with E-state index in [2.05, 4.69) is 42.3 Å². The van der Waals surface area contributed by atoms with E-state index in [9.17, 15) is 4.79 Å². The molecule has 2 N–H and O–H groups in total. The van der Waals surface area contributed by atoms with Crippen LogP contribution in [0.5, 0.6) is 0 Å². The fourth-order valence-corrected chi connectivity index (χ4v) is 3.57. The Balaban J connectivity index is 1.81. The lowest BCUT2D eigenvalue weighted by molar-refractivity contribution is 0.348. The average molecular weight is 427 g/mol. The minimum absolute atomic E-state index is 0.0920. The topological polar surface area (TPSA) is 64.5 Å². The predicted molar refractivity (Wildman–Crippen MR) is 126 cm³/mol. The number of pyridine rings is 1. The molecule has 1 aromatic carbocycles. The number of benzene rings is 1. The molecule has 0 saturated heterocycles. The van der Waals surface area contributed by atoms with Crippen molar-refractivity contribution < 1.29 is 4.42 Å². The number of nitrogens with zero attached hydrogens (tertiary/aromatic N) is 2. The molecule has 0 aliphatic rings. The molecule has 3 rings (SSSR count). The summed E-state index contributed by atoms with van der Waals surface area (Å²) < 4.78 is 5.52. The summed E-state index contributed by atoms with van der Waals surface area (Å²) in [5.41, 5.74) is 3.80. The van der Waals surface area contributed by atoms with Gasteiger partial charge >= 0.3 is 0 Å². The van der Waals surface area contributed by atoms with Crippen LogP contribution in [0.25, 0.3) is 10.9 Å². The van der Waals surface area contributed by atoms with Crippen molar-refractivity contribution in [1.29, 1.82) is 0 Å². The van der Waals surface area contributed by atoms with Crippen LogP contribution < -0.4 is 10.9 Å². The van der Waals surface area contributed by atoms with Crippen LogP contribution in [0.15, 0.2) is 45.8 Å². The Morgan fingerprint density at radius 1 is 1.17 bits per heavy atom. The van der Waals surface area contributed by atoms with Crippen molar-refractivity contribution in [2.24, 2.45) is 0 Å². The molecule has 30 heavy (non-hydrogen) atoms. The minimum Gasteiger partial charge on any atom is -0.467 e. The van der Waals surface area contributed by atoms with Crippen LogP contribution in [0.2, 0.25) is 0 Å². The van der Waals surface area contributed by atoms with Gasteiger partial charge in [0.25, 0.3) is 5.56 Å². The van der Waals surface area contributed by atoms with Gasteiger partial charge in [-0.1, -0.05) is 0 Å². The largest absolute Gasteiger partial charge is 0.467 e. The molecular formula is C23H30N4O2S. The maximum absolute atomic E-state index is 12.8. The summed E-state index contributed by atoms with van der Waals surface area (Å²) in [6.45, 7) is 6.78. The molecule has 0 radical (unpaired) electrons. The van der Waals surface area contributed by atoms with Crippen molar-refractivity contribution in [1.82, 2.24) is 20.1 Å². The fourth-order valence-electron chi connectivity index (χ4n) is 3.34. The van der Waals surface area contributed by atoms with E-state index in [0.717, 1.165) is 41.7 Å². The molecule has 0 bridgehead atoms. The molecule has 2 heterocycles. The molecule has 7 heteroatoms. The molecule has 0 aliphatic carbocycles. The standard InChI is InChI=1S/C23H30N4O2S/c1-16-11-18-13-19(22(28)25-21(18)12-17(16)2)14-27(15-20-7-5-10-29-20)23(30)24-8-6-9-26(3)4/h5,7,10-13H,6,8-9,14-15H2,1-4H3,(H,24,30)(H,25,28). The Bertz CT molecular complexity index is 1060. The van der Waals surface area contributed by atoms with Gasteiger partial charge in [-0.3, -0.25) is 4.79 Å². The molecule has 0 spiro atoms. The number of fused-ring (bicyclic) bond motifs is 1. The monoisotopic (exact) mass is 426 g/mol. The van der Waals surface area contributed by atoms with Gasteiger partial charge in [0, 0.05) is 17.6 Å². The van der Waals surface area contributed by atoms with Gasteiger partial charge in [-0.25, -0.2) is 0 Å². The predicted octanol–water partition coefficient (Wildman–Crippen LogP) is 3.57. The van der Waals surface area contributed by atoms with Gasteiger partial charge in [0.1, 0.15) is 5.76 Å². The van der Waals surface area contributed by atoms with Crippen LogP contribution in [0.3, 0.4) is 0 Å². The normalized spacial score (nSPS) is 11.2. The number of aromatic amines is 1. The fraction of sp³-hybridized carbons (Fsp3) is 0.391. The third-order valence-electron chi connectivity index (χ3n) is 5.17. The molecule has 0 amide bonds. The van der Waals surface area contributed by atoms with Crippen LogP contribution in [-0.4, -0.2) is 47.1 Å². The number of hydrogen-bond donors (Lipinski definition) is 2. The highest BCUT2D eigenvalue weighted by Crippen LogP contribution is 2.18. The van der Waals surface area contributed by atoms with Gasteiger partial charge in [-0.05, 0) is 100.0 Å². The van der Waals surface area contributed by atoms with E-state index >= 15 is 0 Å². The second-order valence-corrected chi connectivity index (χ2v) is 8.36. The smallest absolute Gasteiger partial charge is 0.253 e. The molecule has 3 aromatic rings. The third-order valence-corrected chi connectivity index (χ3v) is 5.57. The van der Waals surface area contributed by atoms with Crippen LogP contribution in [0.4, 0.5) is 0 Å². The second-order valence-electron chi connectivity index (χ2n) is 7.97. The van der Waals surface area contributed by atoms with Gasteiger partial charge < -0.3 is 24.5 Å². The Labute approximate surface area is 182 Å². The number of H-pyrrole nitrogens is 1. The molecule has 0 atom stereocenters. The SMILES string of the molecule is Cc1cc2cc(CN(Cc3ccco3)C(=S)NCCCN(C)C)c(=O)[nH]c2cc1C. The molecule has 160 valence electrons. The Morgan fingerprint density at radius 2 is 1.93 bits per heavy atom. The summed E-state index contributed by atoms with van der Waals surface area (Å²) in [6, 6.07) is 9.87. The summed E-state index contributed by atoms with van der Waals surface area (Å²) in [5.74, 6) is 0.802. The van der Waals surface area contributed by atoms with Crippen molar-refractivity contribution in [2.75, 3.05) is 27.2 Å². The number of aromatic nitrogens is 1. The number of aryl methyl sites for hydroxylation is 2. The van der Waals surface area contributed by atoms with Gasteiger partial charge in [-0.2, -0.15) is 0 Å². The molecule has 0 aliphatic heterocycles. The molecule has 0 unspecified atom stereocenters. The quantitative estimate of drug-likeness (QED) is 0.424. The highest BCUT2D eigenvalue weighted by atomic mass is 32.1. The summed E-state index contributed by atoms with van der Waals surface area (Å²) in [5, 5.41) is 4.96. The zero-order valence-electron chi connectivity index (χ0n) is 18.1. The van der Waals surface area contributed by atoms with Crippen LogP contribution >= 0.6 is 12.2 Å². The first-order valence-electron chi connectivity index (χ1n) is 10.2. The molecular weight excluding hydrogens is 396 g/mol. The minimum atomic E-state index is -0.0920. The first-order chi connectivity index (χ1) is 14.3. The number of thiocarbonyl (C=S) groups is 1. The van der Waals surface area contributed by atoms with Crippen LogP contribution in [0.1, 0.15) is 28.9 Å². The van der Waals surface area contributed by atoms with Gasteiger partial charge in [0.15, 0.2) is 5.11 Å². The lowest BCUT2D eigenvalue weighted by atomic mass is 10.0. The Hall–Kier alpha value is -2.64. The van der Waals surface area contributed by atoms with Gasteiger partial charge in [0.05, 0.1) is 19.4 Å². The summed E-state index contributed by atoms with van der Waals surface area (Å²) >= 11 is 5.65. The van der Waals surface area contributed by atoms with E-state index < -0.39 is 0 Å². The van der Waals surface area contributed by atoms with Crippen molar-refractivity contribution in [3.63, 3.8) is 0 Å². The zero-order chi connectivity index (χ0) is 21.7. The molecule has 0 saturated carbocycles. The van der Waals surface area contributed by atoms with Gasteiger partial charge in [0.2, 0.25) is 0 Å². The molecule has 0 fully saturated rings. The Kier molecular flexibility index (Phi) is 7.29. The van der Waals surface area contributed by atoms with Crippen LogP contribution in [0, 0.1) is 13.8 Å². The lowest BCUT2D eigenvalue weighted by Crippen LogP contribution is -2.40. The lowest BCUT2D eigenvalue weighted by Gasteiger charge is -2.25. The highest BCUT2D eigenvalue weighted by molar-refractivity contribution is 7.80.